The molecular formula is C14H14N5O3S. The Bertz CT molecular complexity index is 714. The second kappa shape index (κ2) is 7.90. The molecule has 2 aromatic rings. The molecule has 0 saturated carbocycles. The van der Waals surface area contributed by atoms with Crippen LogP contribution in [0.5, 0.6) is 0 Å². The summed E-state index contributed by atoms with van der Waals surface area (Å²) in [7, 11) is 1.30. The molecule has 0 aliphatic carbocycles. The molecule has 0 spiro atoms. The monoisotopic (exact) mass is 332 g/mol. The number of anilines is 1. The van der Waals surface area contributed by atoms with E-state index >= 15 is 0 Å². The number of hydrogen-bond acceptors (Lipinski definition) is 7. The minimum Gasteiger partial charge on any atom is -0.398 e. The number of nitrogens with one attached hydrogen (secondary N) is 1. The van der Waals surface area contributed by atoms with Crippen molar-refractivity contribution in [3.8, 4) is 0 Å². The lowest BCUT2D eigenvalue weighted by atomic mass is 10.3. The van der Waals surface area contributed by atoms with Gasteiger partial charge in [0.15, 0.2) is 10.8 Å². The lowest BCUT2D eigenvalue weighted by Crippen LogP contribution is -2.37. The number of hydrogen-bond donors (Lipinski definition) is 2. The Hall–Kier alpha value is -2.94. The fourth-order valence-electron chi connectivity index (χ4n) is 1.62. The van der Waals surface area contributed by atoms with E-state index in [1.54, 1.807) is 29.6 Å². The minimum absolute atomic E-state index is 0.0621. The van der Waals surface area contributed by atoms with Gasteiger partial charge in [0, 0.05) is 5.38 Å². The fraction of sp³-hybridized carbons (Fsp3) is 0.143. The molecule has 1 aromatic heterocycles. The van der Waals surface area contributed by atoms with Gasteiger partial charge in [-0.3, -0.25) is 9.59 Å². The van der Waals surface area contributed by atoms with Crippen LogP contribution in [0, 0.1) is 0 Å². The summed E-state index contributed by atoms with van der Waals surface area (Å²) in [5.41, 5.74) is 6.26. The van der Waals surface area contributed by atoms with Gasteiger partial charge in [-0.2, -0.15) is 0 Å². The first kappa shape index (κ1) is 16.4. The van der Waals surface area contributed by atoms with E-state index in [4.69, 9.17) is 5.73 Å². The third kappa shape index (κ3) is 4.78. The van der Waals surface area contributed by atoms with Crippen molar-refractivity contribution in [1.82, 2.24) is 15.6 Å². The molecular weight excluding hydrogens is 318 g/mol. The van der Waals surface area contributed by atoms with Gasteiger partial charge >= 0.3 is 0 Å². The van der Waals surface area contributed by atoms with Crippen molar-refractivity contribution in [3.05, 3.63) is 41.4 Å². The van der Waals surface area contributed by atoms with Gasteiger partial charge < -0.3 is 15.9 Å². The Labute approximate surface area is 136 Å². The van der Waals surface area contributed by atoms with Crippen molar-refractivity contribution in [2.24, 2.45) is 5.16 Å². The van der Waals surface area contributed by atoms with E-state index in [1.807, 2.05) is 6.07 Å². The average Bonchev–Trinajstić information content (AvgIpc) is 2.97. The van der Waals surface area contributed by atoms with Gasteiger partial charge in [-0.05, 0) is 12.1 Å². The van der Waals surface area contributed by atoms with Crippen molar-refractivity contribution in [2.75, 3.05) is 19.4 Å². The van der Waals surface area contributed by atoms with Gasteiger partial charge in [0.05, 0.1) is 12.2 Å². The van der Waals surface area contributed by atoms with Crippen molar-refractivity contribution >= 4 is 39.7 Å². The van der Waals surface area contributed by atoms with Gasteiger partial charge in [0.25, 0.3) is 11.8 Å². The van der Waals surface area contributed by atoms with E-state index < -0.39 is 11.8 Å². The Morgan fingerprint density at radius 1 is 1.35 bits per heavy atom. The van der Waals surface area contributed by atoms with Crippen molar-refractivity contribution in [3.63, 3.8) is 0 Å². The second-order valence-electron chi connectivity index (χ2n) is 4.22. The summed E-state index contributed by atoms with van der Waals surface area (Å²) >= 11 is 1.17. The smallest absolute Gasteiger partial charge is 0.276 e. The van der Waals surface area contributed by atoms with E-state index in [0.717, 1.165) is 0 Å². The summed E-state index contributed by atoms with van der Waals surface area (Å²) in [5.74, 6) is -1.09. The summed E-state index contributed by atoms with van der Waals surface area (Å²) < 4.78 is 0. The molecule has 119 valence electrons. The first-order valence-corrected chi connectivity index (χ1v) is 7.38. The van der Waals surface area contributed by atoms with E-state index in [-0.39, 0.29) is 18.0 Å². The van der Waals surface area contributed by atoms with Gasteiger partial charge in [0.2, 0.25) is 0 Å². The molecule has 0 unspecified atom stereocenters. The number of nitrogen functional groups attached to an aromatic ring is 1. The molecule has 1 aromatic carbocycles. The molecule has 9 heteroatoms. The number of nitrogens with zero attached hydrogens (tertiary/aromatic N) is 3. The third-order valence-electron chi connectivity index (χ3n) is 2.57. The van der Waals surface area contributed by atoms with Crippen LogP contribution in [0.15, 0.2) is 40.9 Å². The van der Waals surface area contributed by atoms with Crippen molar-refractivity contribution in [1.29, 1.82) is 0 Å². The van der Waals surface area contributed by atoms with E-state index in [9.17, 15) is 9.59 Å². The first-order valence-electron chi connectivity index (χ1n) is 6.50. The highest BCUT2D eigenvalue weighted by molar-refractivity contribution is 7.13. The van der Waals surface area contributed by atoms with E-state index in [2.05, 4.69) is 25.6 Å². The maximum absolute atomic E-state index is 12.1. The Kier molecular flexibility index (Phi) is 5.64. The molecule has 3 N–H and O–H groups in total. The highest BCUT2D eigenvalue weighted by Gasteiger charge is 2.19. The molecule has 0 aliphatic rings. The number of amides is 2. The Balaban J connectivity index is 1.94. The molecule has 8 nitrogen and oxygen atoms in total. The molecule has 0 aliphatic heterocycles. The molecule has 1 radical (unpaired) electrons. The Morgan fingerprint density at radius 2 is 2.09 bits per heavy atom. The van der Waals surface area contributed by atoms with Gasteiger partial charge in [-0.15, -0.1) is 11.3 Å². The van der Waals surface area contributed by atoms with Gasteiger partial charge in [-0.1, -0.05) is 23.4 Å². The molecule has 0 atom stereocenters. The minimum atomic E-state index is -0.603. The van der Waals surface area contributed by atoms with E-state index in [1.165, 1.54) is 18.4 Å². The zero-order valence-electron chi connectivity index (χ0n) is 12.2. The number of para-hydroxylation sites is 1. The highest BCUT2D eigenvalue weighted by atomic mass is 32.1. The summed E-state index contributed by atoms with van der Waals surface area (Å²) in [5, 5.41) is 11.8. The molecule has 2 rings (SSSR count). The molecule has 0 fully saturated rings. The van der Waals surface area contributed by atoms with Crippen LogP contribution in [0.3, 0.4) is 0 Å². The largest absolute Gasteiger partial charge is 0.398 e. The van der Waals surface area contributed by atoms with Gasteiger partial charge in [-0.25, -0.2) is 10.3 Å². The van der Waals surface area contributed by atoms with Crippen molar-refractivity contribution < 1.29 is 14.4 Å². The van der Waals surface area contributed by atoms with Crippen LogP contribution in [0.4, 0.5) is 10.8 Å². The maximum atomic E-state index is 12.1. The topological polar surface area (TPSA) is 121 Å². The van der Waals surface area contributed by atoms with Crippen LogP contribution < -0.4 is 16.4 Å². The quantitative estimate of drug-likeness (QED) is 0.594. The molecule has 2 amide bonds. The summed E-state index contributed by atoms with van der Waals surface area (Å²) in [6, 6.07) is 8.73. The first-order chi connectivity index (χ1) is 11.1. The number of carbonyl (C=O) groups excluding carboxylic acids is 2. The van der Waals surface area contributed by atoms with Crippen LogP contribution in [0.2, 0.25) is 0 Å². The Morgan fingerprint density at radius 3 is 2.70 bits per heavy atom. The number of thiazole rings is 1. The maximum Gasteiger partial charge on any atom is 0.276 e. The average molecular weight is 332 g/mol. The van der Waals surface area contributed by atoms with Crippen LogP contribution in [0.1, 0.15) is 5.69 Å². The predicted octanol–water partition coefficient (Wildman–Crippen LogP) is 0.655. The van der Waals surface area contributed by atoms with E-state index in [0.29, 0.717) is 10.8 Å². The highest BCUT2D eigenvalue weighted by Crippen LogP contribution is 2.12. The number of nitrogens with two attached hydrogens (primary N) is 1. The standard InChI is InChI=1S/C14H14N5O3S/c1-22-19-12(10-8-23-14(15)18-10)13(21)16-7-11(20)17-9-5-3-2-4-6-9/h2-6,8H,7H2,1H3,(H2,15,18)(H,16,21). The number of rotatable bonds is 6. The van der Waals surface area contributed by atoms with Crippen LogP contribution in [-0.2, 0) is 14.4 Å². The number of aromatic nitrogens is 1. The molecule has 0 saturated heterocycles. The van der Waals surface area contributed by atoms with Crippen LogP contribution >= 0.6 is 11.3 Å². The predicted molar refractivity (Wildman–Crippen MR) is 86.3 cm³/mol. The zero-order chi connectivity index (χ0) is 16.7. The third-order valence-corrected chi connectivity index (χ3v) is 3.25. The number of oxime groups is 1. The van der Waals surface area contributed by atoms with Crippen molar-refractivity contribution in [2.45, 2.75) is 0 Å². The van der Waals surface area contributed by atoms with Crippen LogP contribution in [-0.4, -0.2) is 36.2 Å². The van der Waals surface area contributed by atoms with Gasteiger partial charge in [0.1, 0.15) is 12.8 Å². The molecule has 23 heavy (non-hydrogen) atoms. The lowest BCUT2D eigenvalue weighted by molar-refractivity contribution is -0.122. The number of carbonyl (C=O) groups is 2. The lowest BCUT2D eigenvalue weighted by Gasteiger charge is -2.05. The SMILES string of the molecule is CON=C(C(=O)NCC(=O)[N]c1ccccc1)c1csc(N)n1. The fourth-order valence-corrected chi connectivity index (χ4v) is 2.17. The zero-order valence-corrected chi connectivity index (χ0v) is 13.0. The normalized spacial score (nSPS) is 10.9. The van der Waals surface area contributed by atoms with Crippen LogP contribution in [0.25, 0.3) is 0 Å². The second-order valence-corrected chi connectivity index (χ2v) is 5.11. The number of benzene rings is 1. The summed E-state index contributed by atoms with van der Waals surface area (Å²) in [6.45, 7) is -0.268. The molecule has 1 heterocycles. The summed E-state index contributed by atoms with van der Waals surface area (Å²) in [6.07, 6.45) is 0. The summed E-state index contributed by atoms with van der Waals surface area (Å²) in [4.78, 5) is 32.5. The molecule has 0 bridgehead atoms.